The molecule has 0 amide bonds. The van der Waals surface area contributed by atoms with Crippen LogP contribution >= 0.6 is 22.6 Å². The van der Waals surface area contributed by atoms with E-state index in [4.69, 9.17) is 4.74 Å². The molecule has 0 saturated carbocycles. The number of fused-ring (bicyclic) bond motifs is 1. The van der Waals surface area contributed by atoms with Crippen molar-refractivity contribution in [3.63, 3.8) is 0 Å². The highest BCUT2D eigenvalue weighted by Crippen LogP contribution is 2.34. The number of hydrogen-bond acceptors (Lipinski definition) is 5. The number of anilines is 2. The van der Waals surface area contributed by atoms with Crippen LogP contribution in [0, 0.1) is 0 Å². The van der Waals surface area contributed by atoms with Crippen LogP contribution in [0.4, 0.5) is 24.7 Å². The van der Waals surface area contributed by atoms with Gasteiger partial charge in [0.1, 0.15) is 5.82 Å². The van der Waals surface area contributed by atoms with Crippen LogP contribution in [0.1, 0.15) is 25.3 Å². The number of carbonyl (C=O) groups excluding carboxylic acids is 1. The zero-order chi connectivity index (χ0) is 21.9. The maximum absolute atomic E-state index is 12.9. The van der Waals surface area contributed by atoms with Crippen molar-refractivity contribution < 1.29 is 22.7 Å². The molecule has 30 heavy (non-hydrogen) atoms. The second kappa shape index (κ2) is 9.54. The van der Waals surface area contributed by atoms with Gasteiger partial charge in [0.2, 0.25) is 0 Å². The SMILES string of the molecule is CCCC(I)OC(=O)CN(C)C1CN(c2ccc(C(F)(F)F)cc2)c2ccnn2C1. The van der Waals surface area contributed by atoms with E-state index in [1.54, 1.807) is 10.9 Å². The first-order valence-electron chi connectivity index (χ1n) is 9.69. The Morgan fingerprint density at radius 2 is 2.00 bits per heavy atom. The summed E-state index contributed by atoms with van der Waals surface area (Å²) in [5, 5.41) is 4.32. The van der Waals surface area contributed by atoms with E-state index in [2.05, 4.69) is 27.7 Å². The summed E-state index contributed by atoms with van der Waals surface area (Å²) in [4.78, 5) is 16.1. The Bertz CT molecular complexity index is 856. The Hall–Kier alpha value is -1.82. The van der Waals surface area contributed by atoms with Gasteiger partial charge in [-0.15, -0.1) is 0 Å². The third-order valence-electron chi connectivity index (χ3n) is 5.03. The normalized spacial score (nSPS) is 17.7. The standard InChI is InChI=1S/C20H24F3IN4O2/c1-3-4-17(24)30-19(29)13-26(2)16-11-27(18-9-10-25-28(18)12-16)15-7-5-14(6-8-15)20(21,22)23/h5-10,16-17H,3-4,11-13H2,1-2H3. The van der Waals surface area contributed by atoms with Gasteiger partial charge in [-0.2, -0.15) is 18.3 Å². The first-order chi connectivity index (χ1) is 14.2. The van der Waals surface area contributed by atoms with Gasteiger partial charge in [-0.05, 0) is 60.3 Å². The Balaban J connectivity index is 1.73. The maximum Gasteiger partial charge on any atom is 0.416 e. The molecule has 1 aliphatic heterocycles. The van der Waals surface area contributed by atoms with Crippen LogP contribution in [0.2, 0.25) is 0 Å². The monoisotopic (exact) mass is 536 g/mol. The lowest BCUT2D eigenvalue weighted by Crippen LogP contribution is -2.49. The predicted octanol–water partition coefficient (Wildman–Crippen LogP) is 4.46. The number of rotatable bonds is 7. The van der Waals surface area contributed by atoms with E-state index in [0.29, 0.717) is 18.8 Å². The molecule has 164 valence electrons. The Kier molecular flexibility index (Phi) is 7.27. The van der Waals surface area contributed by atoms with E-state index in [1.165, 1.54) is 12.1 Å². The van der Waals surface area contributed by atoms with Crippen molar-refractivity contribution in [1.82, 2.24) is 14.7 Å². The van der Waals surface area contributed by atoms with Crippen LogP contribution in [0.3, 0.4) is 0 Å². The lowest BCUT2D eigenvalue weighted by molar-refractivity contribution is -0.146. The molecule has 1 aliphatic rings. The fourth-order valence-electron chi connectivity index (χ4n) is 3.40. The number of likely N-dealkylation sites (N-methyl/N-ethyl adjacent to an activating group) is 1. The summed E-state index contributed by atoms with van der Waals surface area (Å²) in [7, 11) is 1.84. The molecule has 2 unspecified atom stereocenters. The molecule has 1 aromatic heterocycles. The quantitative estimate of drug-likeness (QED) is 0.297. The topological polar surface area (TPSA) is 50.6 Å². The molecular weight excluding hydrogens is 512 g/mol. The van der Waals surface area contributed by atoms with Crippen molar-refractivity contribution in [3.8, 4) is 0 Å². The highest BCUT2D eigenvalue weighted by Gasteiger charge is 2.32. The number of nitrogens with zero attached hydrogens (tertiary/aromatic N) is 4. The number of esters is 1. The van der Waals surface area contributed by atoms with Crippen LogP contribution in [0.5, 0.6) is 0 Å². The maximum atomic E-state index is 12.9. The predicted molar refractivity (Wildman–Crippen MR) is 116 cm³/mol. The molecule has 6 nitrogen and oxygen atoms in total. The van der Waals surface area contributed by atoms with Crippen molar-refractivity contribution >= 4 is 40.1 Å². The molecule has 1 aromatic carbocycles. The zero-order valence-corrected chi connectivity index (χ0v) is 18.9. The molecule has 0 saturated heterocycles. The number of carbonyl (C=O) groups is 1. The molecule has 10 heteroatoms. The van der Waals surface area contributed by atoms with E-state index < -0.39 is 11.7 Å². The number of benzene rings is 1. The van der Waals surface area contributed by atoms with Crippen LogP contribution in [-0.4, -0.2) is 50.9 Å². The minimum Gasteiger partial charge on any atom is -0.451 e. The molecule has 0 N–H and O–H groups in total. The zero-order valence-electron chi connectivity index (χ0n) is 16.8. The third kappa shape index (κ3) is 5.45. The summed E-state index contributed by atoms with van der Waals surface area (Å²) in [6.45, 7) is 3.26. The minimum absolute atomic E-state index is 0.0638. The van der Waals surface area contributed by atoms with E-state index in [1.807, 2.05) is 29.8 Å². The van der Waals surface area contributed by atoms with Crippen molar-refractivity contribution in [2.45, 2.75) is 42.6 Å². The summed E-state index contributed by atoms with van der Waals surface area (Å²) in [6, 6.07) is 6.84. The first-order valence-corrected chi connectivity index (χ1v) is 10.9. The molecule has 0 bridgehead atoms. The first kappa shape index (κ1) is 22.9. The second-order valence-electron chi connectivity index (χ2n) is 7.28. The largest absolute Gasteiger partial charge is 0.451 e. The van der Waals surface area contributed by atoms with Gasteiger partial charge in [0.25, 0.3) is 0 Å². The Morgan fingerprint density at radius 1 is 1.30 bits per heavy atom. The van der Waals surface area contributed by atoms with E-state index in [0.717, 1.165) is 30.8 Å². The number of ether oxygens (including phenoxy) is 1. The molecular formula is C20H24F3IN4O2. The van der Waals surface area contributed by atoms with Gasteiger partial charge in [0, 0.05) is 24.3 Å². The van der Waals surface area contributed by atoms with E-state index >= 15 is 0 Å². The van der Waals surface area contributed by atoms with Crippen molar-refractivity contribution in [1.29, 1.82) is 0 Å². The molecule has 0 radical (unpaired) electrons. The minimum atomic E-state index is -4.38. The lowest BCUT2D eigenvalue weighted by Gasteiger charge is -2.38. The molecule has 0 aliphatic carbocycles. The molecule has 3 rings (SSSR count). The fraction of sp³-hybridized carbons (Fsp3) is 0.500. The van der Waals surface area contributed by atoms with Crippen molar-refractivity contribution in [3.05, 3.63) is 42.1 Å². The average molecular weight is 536 g/mol. The highest BCUT2D eigenvalue weighted by atomic mass is 127. The Labute approximate surface area is 187 Å². The van der Waals surface area contributed by atoms with Gasteiger partial charge in [-0.25, -0.2) is 4.68 Å². The van der Waals surface area contributed by atoms with Crippen LogP contribution < -0.4 is 4.90 Å². The Morgan fingerprint density at radius 3 is 2.63 bits per heavy atom. The van der Waals surface area contributed by atoms with Crippen molar-refractivity contribution in [2.75, 3.05) is 25.0 Å². The number of hydrogen-bond donors (Lipinski definition) is 0. The third-order valence-corrected chi connectivity index (χ3v) is 5.91. The number of halogens is 4. The van der Waals surface area contributed by atoms with Crippen LogP contribution in [0.25, 0.3) is 0 Å². The van der Waals surface area contributed by atoms with Gasteiger partial charge in [0.15, 0.2) is 4.11 Å². The highest BCUT2D eigenvalue weighted by molar-refractivity contribution is 14.1. The average Bonchev–Trinajstić information content (AvgIpc) is 3.15. The van der Waals surface area contributed by atoms with Gasteiger partial charge < -0.3 is 9.64 Å². The van der Waals surface area contributed by atoms with Crippen LogP contribution in [0.15, 0.2) is 36.5 Å². The summed E-state index contributed by atoms with van der Waals surface area (Å²) < 4.78 is 45.8. The summed E-state index contributed by atoms with van der Waals surface area (Å²) in [5.41, 5.74) is -0.0469. The van der Waals surface area contributed by atoms with Crippen molar-refractivity contribution in [2.24, 2.45) is 0 Å². The van der Waals surface area contributed by atoms with E-state index in [9.17, 15) is 18.0 Å². The molecule has 0 spiro atoms. The second-order valence-corrected chi connectivity index (χ2v) is 8.67. The number of aromatic nitrogens is 2. The lowest BCUT2D eigenvalue weighted by atomic mass is 10.1. The number of alkyl halides is 4. The smallest absolute Gasteiger partial charge is 0.416 e. The van der Waals surface area contributed by atoms with E-state index in [-0.39, 0.29) is 22.7 Å². The molecule has 2 heterocycles. The summed E-state index contributed by atoms with van der Waals surface area (Å²) in [6.07, 6.45) is -0.977. The molecule has 2 aromatic rings. The summed E-state index contributed by atoms with van der Waals surface area (Å²) >= 11 is 2.11. The molecule has 0 fully saturated rings. The molecule has 2 atom stereocenters. The van der Waals surface area contributed by atoms with Gasteiger partial charge >= 0.3 is 12.1 Å². The summed E-state index contributed by atoms with van der Waals surface area (Å²) in [5.74, 6) is 0.509. The van der Waals surface area contributed by atoms with Gasteiger partial charge in [-0.1, -0.05) is 13.3 Å². The van der Waals surface area contributed by atoms with Crippen LogP contribution in [-0.2, 0) is 22.3 Å². The van der Waals surface area contributed by atoms with Gasteiger partial charge in [-0.3, -0.25) is 9.69 Å². The fourth-order valence-corrected chi connectivity index (χ4v) is 4.31. The van der Waals surface area contributed by atoms with Gasteiger partial charge in [0.05, 0.1) is 24.8 Å².